The first-order chi connectivity index (χ1) is 11.2. The molecule has 2 aromatic carbocycles. The number of guanidine groups is 1. The molecule has 0 amide bonds. The van der Waals surface area contributed by atoms with Crippen molar-refractivity contribution >= 4 is 51.6 Å². The maximum atomic E-state index is 5.30. The Kier molecular flexibility index (Phi) is 8.91. The average Bonchev–Trinajstić information content (AvgIpc) is 2.58. The lowest BCUT2D eigenvalue weighted by atomic mass is 10.2. The van der Waals surface area contributed by atoms with E-state index in [2.05, 4.69) is 43.7 Å². The fraction of sp³-hybridized carbons (Fsp3) is 0.235. The van der Waals surface area contributed by atoms with Crippen molar-refractivity contribution < 1.29 is 9.47 Å². The maximum absolute atomic E-state index is 5.30. The summed E-state index contributed by atoms with van der Waals surface area (Å²) in [5.41, 5.74) is 2.03. The summed E-state index contributed by atoms with van der Waals surface area (Å²) >= 11 is 3.47. The van der Waals surface area contributed by atoms with Gasteiger partial charge in [0.15, 0.2) is 17.5 Å². The molecule has 0 heterocycles. The topological polar surface area (TPSA) is 54.9 Å². The van der Waals surface area contributed by atoms with Crippen LogP contribution in [0.2, 0.25) is 0 Å². The van der Waals surface area contributed by atoms with Gasteiger partial charge in [-0.15, -0.1) is 24.0 Å². The van der Waals surface area contributed by atoms with E-state index < -0.39 is 0 Å². The molecule has 0 saturated heterocycles. The molecular weight excluding hydrogens is 485 g/mol. The van der Waals surface area contributed by atoms with E-state index in [1.807, 2.05) is 30.3 Å². The van der Waals surface area contributed by atoms with Gasteiger partial charge in [0.05, 0.1) is 14.2 Å². The molecule has 0 bridgehead atoms. The van der Waals surface area contributed by atoms with Gasteiger partial charge < -0.3 is 20.1 Å². The zero-order chi connectivity index (χ0) is 16.7. The smallest absolute Gasteiger partial charge is 0.195 e. The van der Waals surface area contributed by atoms with Crippen LogP contribution < -0.4 is 20.1 Å². The molecular formula is C17H21BrIN3O2. The second-order valence-corrected chi connectivity index (χ2v) is 5.67. The highest BCUT2D eigenvalue weighted by Gasteiger charge is 2.06. The third-order valence-electron chi connectivity index (χ3n) is 3.22. The molecule has 2 aromatic rings. The van der Waals surface area contributed by atoms with Gasteiger partial charge in [0.25, 0.3) is 0 Å². The van der Waals surface area contributed by atoms with Crippen LogP contribution in [0.25, 0.3) is 0 Å². The summed E-state index contributed by atoms with van der Waals surface area (Å²) in [6.45, 7) is 0.673. The molecule has 0 aliphatic carbocycles. The molecule has 0 fully saturated rings. The fourth-order valence-electron chi connectivity index (χ4n) is 2.06. The Labute approximate surface area is 168 Å². The average molecular weight is 506 g/mol. The molecule has 24 heavy (non-hydrogen) atoms. The lowest BCUT2D eigenvalue weighted by molar-refractivity contribution is 0.355. The van der Waals surface area contributed by atoms with Crippen LogP contribution in [-0.2, 0) is 6.54 Å². The highest BCUT2D eigenvalue weighted by molar-refractivity contribution is 14.0. The third-order valence-corrected chi connectivity index (χ3v) is 3.71. The van der Waals surface area contributed by atoms with Crippen LogP contribution in [0.1, 0.15) is 5.56 Å². The molecule has 0 aromatic heterocycles. The number of aliphatic imine (C=N–C) groups is 1. The summed E-state index contributed by atoms with van der Waals surface area (Å²) in [6.07, 6.45) is 0. The SMILES string of the molecule is CN=C(NCc1cccc(Br)c1)Nc1ccc(OC)c(OC)c1.I. The first-order valence-corrected chi connectivity index (χ1v) is 7.89. The van der Waals surface area contributed by atoms with E-state index in [1.165, 1.54) is 0 Å². The summed E-state index contributed by atoms with van der Waals surface area (Å²) in [4.78, 5) is 4.23. The Bertz CT molecular complexity index is 695. The van der Waals surface area contributed by atoms with Crippen molar-refractivity contribution in [3.8, 4) is 11.5 Å². The van der Waals surface area contributed by atoms with Crippen LogP contribution in [0.4, 0.5) is 5.69 Å². The van der Waals surface area contributed by atoms with Gasteiger partial charge >= 0.3 is 0 Å². The Morgan fingerprint density at radius 2 is 1.83 bits per heavy atom. The molecule has 0 saturated carbocycles. The van der Waals surface area contributed by atoms with Crippen molar-refractivity contribution in [2.75, 3.05) is 26.6 Å². The van der Waals surface area contributed by atoms with Gasteiger partial charge in [0, 0.05) is 29.8 Å². The Balaban J connectivity index is 0.00000288. The van der Waals surface area contributed by atoms with Crippen LogP contribution >= 0.6 is 39.9 Å². The number of hydrogen-bond donors (Lipinski definition) is 2. The van der Waals surface area contributed by atoms with Gasteiger partial charge in [0.2, 0.25) is 0 Å². The van der Waals surface area contributed by atoms with Gasteiger partial charge in [-0.05, 0) is 29.8 Å². The van der Waals surface area contributed by atoms with Gasteiger partial charge in [-0.2, -0.15) is 0 Å². The largest absolute Gasteiger partial charge is 0.493 e. The molecule has 130 valence electrons. The van der Waals surface area contributed by atoms with Gasteiger partial charge in [-0.1, -0.05) is 28.1 Å². The predicted octanol–water partition coefficient (Wildman–Crippen LogP) is 4.27. The molecule has 5 nitrogen and oxygen atoms in total. The van der Waals surface area contributed by atoms with Gasteiger partial charge in [0.1, 0.15) is 0 Å². The van der Waals surface area contributed by atoms with Crippen molar-refractivity contribution in [1.82, 2.24) is 5.32 Å². The first-order valence-electron chi connectivity index (χ1n) is 7.10. The minimum absolute atomic E-state index is 0. The van der Waals surface area contributed by atoms with E-state index in [9.17, 15) is 0 Å². The van der Waals surface area contributed by atoms with Crippen molar-refractivity contribution in [1.29, 1.82) is 0 Å². The highest BCUT2D eigenvalue weighted by atomic mass is 127. The number of methoxy groups -OCH3 is 2. The van der Waals surface area contributed by atoms with E-state index in [1.54, 1.807) is 21.3 Å². The molecule has 0 aliphatic heterocycles. The molecule has 0 atom stereocenters. The van der Waals surface area contributed by atoms with Crippen LogP contribution in [-0.4, -0.2) is 27.2 Å². The molecule has 2 N–H and O–H groups in total. The predicted molar refractivity (Wildman–Crippen MR) is 113 cm³/mol. The summed E-state index contributed by atoms with van der Waals surface area (Å²) in [5.74, 6) is 2.03. The molecule has 0 aliphatic rings. The highest BCUT2D eigenvalue weighted by Crippen LogP contribution is 2.29. The third kappa shape index (κ3) is 5.86. The Morgan fingerprint density at radius 3 is 2.46 bits per heavy atom. The molecule has 2 rings (SSSR count). The number of hydrogen-bond acceptors (Lipinski definition) is 3. The summed E-state index contributed by atoms with van der Waals surface area (Å²) in [5, 5.41) is 6.50. The van der Waals surface area contributed by atoms with Crippen molar-refractivity contribution in [2.24, 2.45) is 4.99 Å². The minimum Gasteiger partial charge on any atom is -0.493 e. The molecule has 7 heteroatoms. The minimum atomic E-state index is 0. The van der Waals surface area contributed by atoms with Crippen molar-refractivity contribution in [2.45, 2.75) is 6.54 Å². The Hall–Kier alpha value is -1.48. The number of halogens is 2. The number of rotatable bonds is 5. The summed E-state index contributed by atoms with van der Waals surface area (Å²) in [7, 11) is 4.96. The normalized spacial score (nSPS) is 10.6. The van der Waals surface area contributed by atoms with Gasteiger partial charge in [-0.25, -0.2) is 0 Å². The van der Waals surface area contributed by atoms with E-state index in [4.69, 9.17) is 9.47 Å². The van der Waals surface area contributed by atoms with E-state index in [-0.39, 0.29) is 24.0 Å². The number of ether oxygens (including phenoxy) is 2. The van der Waals surface area contributed by atoms with E-state index >= 15 is 0 Å². The van der Waals surface area contributed by atoms with Crippen LogP contribution in [0.5, 0.6) is 11.5 Å². The Morgan fingerprint density at radius 1 is 1.08 bits per heavy atom. The monoisotopic (exact) mass is 505 g/mol. The maximum Gasteiger partial charge on any atom is 0.195 e. The second-order valence-electron chi connectivity index (χ2n) is 4.75. The zero-order valence-corrected chi connectivity index (χ0v) is 17.7. The summed E-state index contributed by atoms with van der Waals surface area (Å²) < 4.78 is 11.6. The molecule has 0 unspecified atom stereocenters. The van der Waals surface area contributed by atoms with E-state index in [0.717, 1.165) is 15.7 Å². The number of anilines is 1. The number of nitrogens with one attached hydrogen (secondary N) is 2. The lowest BCUT2D eigenvalue weighted by Crippen LogP contribution is -2.30. The number of nitrogens with zero attached hydrogens (tertiary/aromatic N) is 1. The second kappa shape index (κ2) is 10.4. The number of benzene rings is 2. The standard InChI is InChI=1S/C17H20BrN3O2.HI/c1-19-17(20-11-12-5-4-6-13(18)9-12)21-14-7-8-15(22-2)16(10-14)23-3;/h4-10H,11H2,1-3H3,(H2,19,20,21);1H. The zero-order valence-electron chi connectivity index (χ0n) is 13.8. The fourth-order valence-corrected chi connectivity index (χ4v) is 2.51. The molecule has 0 spiro atoms. The van der Waals surface area contributed by atoms with Crippen LogP contribution in [0, 0.1) is 0 Å². The van der Waals surface area contributed by atoms with Crippen molar-refractivity contribution in [3.63, 3.8) is 0 Å². The van der Waals surface area contributed by atoms with Crippen LogP contribution in [0.15, 0.2) is 51.9 Å². The van der Waals surface area contributed by atoms with Crippen molar-refractivity contribution in [3.05, 3.63) is 52.5 Å². The molecule has 0 radical (unpaired) electrons. The lowest BCUT2D eigenvalue weighted by Gasteiger charge is -2.14. The van der Waals surface area contributed by atoms with E-state index in [0.29, 0.717) is 24.0 Å². The quantitative estimate of drug-likeness (QED) is 0.362. The summed E-state index contributed by atoms with van der Waals surface area (Å²) in [6, 6.07) is 13.8. The first kappa shape index (κ1) is 20.6. The van der Waals surface area contributed by atoms with Crippen LogP contribution in [0.3, 0.4) is 0 Å². The van der Waals surface area contributed by atoms with Gasteiger partial charge in [-0.3, -0.25) is 4.99 Å².